The van der Waals surface area contributed by atoms with Crippen molar-refractivity contribution in [3.8, 4) is 11.3 Å². The second kappa shape index (κ2) is 9.48. The molecule has 0 fully saturated rings. The number of hydrogen-bond donors (Lipinski definition) is 2. The molecule has 3 aromatic heterocycles. The van der Waals surface area contributed by atoms with Crippen molar-refractivity contribution >= 4 is 36.1 Å². The standard InChI is InChI=1S/C22H21N7O.H2S/c1-13(16-4-3-5-17-18(22(23)30)6-7-24-21(16)17)9-27-20-8-19(28-12-29-20)15-10-25-14(2)26-11-15;/h3-8,10-13H,9H2,1-2H3,(H2,23,30)(H,27,28,29);1H2/t13-;/m1./s1. The summed E-state index contributed by atoms with van der Waals surface area (Å²) in [6.07, 6.45) is 6.62. The van der Waals surface area contributed by atoms with Crippen molar-refractivity contribution in [2.75, 3.05) is 11.9 Å². The molecule has 4 rings (SSSR count). The van der Waals surface area contributed by atoms with Gasteiger partial charge in [-0.3, -0.25) is 9.78 Å². The predicted octanol–water partition coefficient (Wildman–Crippen LogP) is 3.22. The van der Waals surface area contributed by atoms with Crippen molar-refractivity contribution < 1.29 is 4.79 Å². The molecule has 0 aliphatic heterocycles. The van der Waals surface area contributed by atoms with E-state index in [-0.39, 0.29) is 19.4 Å². The minimum atomic E-state index is -0.459. The Labute approximate surface area is 186 Å². The number of nitrogens with zero attached hydrogens (tertiary/aromatic N) is 5. The maximum atomic E-state index is 11.7. The van der Waals surface area contributed by atoms with Crippen LogP contribution in [0.2, 0.25) is 0 Å². The normalized spacial score (nSPS) is 11.5. The lowest BCUT2D eigenvalue weighted by molar-refractivity contribution is 0.100. The number of fused-ring (bicyclic) bond motifs is 1. The number of nitrogens with one attached hydrogen (secondary N) is 1. The first kappa shape index (κ1) is 22.1. The Bertz CT molecular complexity index is 1210. The fourth-order valence-electron chi connectivity index (χ4n) is 3.32. The van der Waals surface area contributed by atoms with Crippen molar-refractivity contribution in [2.45, 2.75) is 19.8 Å². The van der Waals surface area contributed by atoms with E-state index in [0.29, 0.717) is 23.8 Å². The van der Waals surface area contributed by atoms with Gasteiger partial charge in [-0.05, 0) is 18.6 Å². The van der Waals surface area contributed by atoms with Crippen molar-refractivity contribution in [3.63, 3.8) is 0 Å². The lowest BCUT2D eigenvalue weighted by Gasteiger charge is -2.16. The first-order chi connectivity index (χ1) is 14.5. The quantitative estimate of drug-likeness (QED) is 0.479. The lowest BCUT2D eigenvalue weighted by Crippen LogP contribution is -2.14. The van der Waals surface area contributed by atoms with E-state index in [4.69, 9.17) is 5.73 Å². The van der Waals surface area contributed by atoms with E-state index < -0.39 is 5.91 Å². The highest BCUT2D eigenvalue weighted by atomic mass is 32.1. The average molecular weight is 434 g/mol. The molecule has 0 saturated heterocycles. The largest absolute Gasteiger partial charge is 0.369 e. The Morgan fingerprint density at radius 2 is 1.87 bits per heavy atom. The molecule has 3 N–H and O–H groups in total. The molecule has 0 aliphatic rings. The Kier molecular flexibility index (Phi) is 6.76. The third-order valence-corrected chi connectivity index (χ3v) is 4.93. The number of carbonyl (C=O) groups is 1. The summed E-state index contributed by atoms with van der Waals surface area (Å²) in [5.41, 5.74) is 9.37. The van der Waals surface area contributed by atoms with E-state index >= 15 is 0 Å². The molecule has 31 heavy (non-hydrogen) atoms. The first-order valence-electron chi connectivity index (χ1n) is 9.55. The molecule has 1 atom stereocenters. The number of primary amides is 1. The van der Waals surface area contributed by atoms with Gasteiger partial charge in [0.25, 0.3) is 0 Å². The van der Waals surface area contributed by atoms with Gasteiger partial charge in [0.05, 0.1) is 16.8 Å². The van der Waals surface area contributed by atoms with Crippen LogP contribution in [0.3, 0.4) is 0 Å². The molecule has 0 radical (unpaired) electrons. The summed E-state index contributed by atoms with van der Waals surface area (Å²) in [5, 5.41) is 4.12. The summed E-state index contributed by atoms with van der Waals surface area (Å²) in [7, 11) is 0. The van der Waals surface area contributed by atoms with Crippen LogP contribution in [0.5, 0.6) is 0 Å². The van der Waals surface area contributed by atoms with Gasteiger partial charge >= 0.3 is 0 Å². The number of nitrogens with two attached hydrogens (primary N) is 1. The van der Waals surface area contributed by atoms with Crippen molar-refractivity contribution in [3.05, 3.63) is 72.2 Å². The SMILES string of the molecule is Cc1ncc(-c2cc(NC[C@@H](C)c3cccc4c(C(N)=O)ccnc34)ncn2)cn1.S. The molecule has 0 unspecified atom stereocenters. The zero-order valence-electron chi connectivity index (χ0n) is 17.2. The molecule has 158 valence electrons. The summed E-state index contributed by atoms with van der Waals surface area (Å²) in [4.78, 5) is 33.3. The Hall–Kier alpha value is -3.59. The zero-order valence-corrected chi connectivity index (χ0v) is 18.2. The molecule has 1 amide bonds. The van der Waals surface area contributed by atoms with Gasteiger partial charge in [-0.25, -0.2) is 19.9 Å². The lowest BCUT2D eigenvalue weighted by atomic mass is 9.96. The van der Waals surface area contributed by atoms with Crippen LogP contribution in [-0.2, 0) is 0 Å². The monoisotopic (exact) mass is 433 g/mol. The maximum Gasteiger partial charge on any atom is 0.249 e. The summed E-state index contributed by atoms with van der Waals surface area (Å²) >= 11 is 0. The van der Waals surface area contributed by atoms with Crippen LogP contribution in [0, 0.1) is 6.92 Å². The van der Waals surface area contributed by atoms with Gasteiger partial charge < -0.3 is 11.1 Å². The summed E-state index contributed by atoms with van der Waals surface area (Å²) in [6.45, 7) is 4.56. The van der Waals surface area contributed by atoms with Crippen LogP contribution in [0.1, 0.15) is 34.6 Å². The fourth-order valence-corrected chi connectivity index (χ4v) is 3.32. The van der Waals surface area contributed by atoms with Gasteiger partial charge in [0.1, 0.15) is 18.0 Å². The van der Waals surface area contributed by atoms with Crippen LogP contribution in [-0.4, -0.2) is 37.4 Å². The van der Waals surface area contributed by atoms with Gasteiger partial charge in [0.2, 0.25) is 5.91 Å². The number of benzene rings is 1. The maximum absolute atomic E-state index is 11.7. The van der Waals surface area contributed by atoms with E-state index in [1.807, 2.05) is 31.2 Å². The number of hydrogen-bond acceptors (Lipinski definition) is 7. The zero-order chi connectivity index (χ0) is 21.1. The highest BCUT2D eigenvalue weighted by molar-refractivity contribution is 7.59. The molecule has 0 bridgehead atoms. The first-order valence-corrected chi connectivity index (χ1v) is 9.55. The number of para-hydroxylation sites is 1. The van der Waals surface area contributed by atoms with Gasteiger partial charge in [0, 0.05) is 48.1 Å². The fraction of sp³-hybridized carbons (Fsp3) is 0.182. The van der Waals surface area contributed by atoms with Gasteiger partial charge in [-0.1, -0.05) is 25.1 Å². The second-order valence-corrected chi connectivity index (χ2v) is 7.06. The minimum Gasteiger partial charge on any atom is -0.369 e. The number of carbonyl (C=O) groups excluding carboxylic acids is 1. The van der Waals surface area contributed by atoms with Crippen LogP contribution >= 0.6 is 13.5 Å². The molecular weight excluding hydrogens is 410 g/mol. The molecule has 9 heteroatoms. The molecule has 1 aromatic carbocycles. The number of anilines is 1. The highest BCUT2D eigenvalue weighted by Gasteiger charge is 2.14. The molecule has 8 nitrogen and oxygen atoms in total. The van der Waals surface area contributed by atoms with Crippen LogP contribution < -0.4 is 11.1 Å². The number of rotatable bonds is 6. The van der Waals surface area contributed by atoms with Crippen LogP contribution in [0.15, 0.2) is 55.2 Å². The summed E-state index contributed by atoms with van der Waals surface area (Å²) < 4.78 is 0. The Balaban J connectivity index is 0.00000272. The van der Waals surface area contributed by atoms with Crippen molar-refractivity contribution in [1.29, 1.82) is 0 Å². The molecule has 4 aromatic rings. The average Bonchev–Trinajstić information content (AvgIpc) is 2.77. The van der Waals surface area contributed by atoms with Crippen LogP contribution in [0.25, 0.3) is 22.2 Å². The highest BCUT2D eigenvalue weighted by Crippen LogP contribution is 2.26. The van der Waals surface area contributed by atoms with Crippen molar-refractivity contribution in [1.82, 2.24) is 24.9 Å². The number of amides is 1. The number of aryl methyl sites for hydroxylation is 1. The minimum absolute atomic E-state index is 0. The summed E-state index contributed by atoms with van der Waals surface area (Å²) in [5.74, 6) is 1.07. The topological polar surface area (TPSA) is 120 Å². The van der Waals surface area contributed by atoms with E-state index in [1.165, 1.54) is 6.33 Å². The number of pyridine rings is 1. The molecule has 3 heterocycles. The summed E-state index contributed by atoms with van der Waals surface area (Å²) in [6, 6.07) is 9.32. The third kappa shape index (κ3) is 4.77. The molecule has 0 saturated carbocycles. The van der Waals surface area contributed by atoms with E-state index in [9.17, 15) is 4.79 Å². The van der Waals surface area contributed by atoms with Crippen molar-refractivity contribution in [2.24, 2.45) is 5.73 Å². The smallest absolute Gasteiger partial charge is 0.249 e. The van der Waals surface area contributed by atoms with Gasteiger partial charge in [-0.2, -0.15) is 13.5 Å². The molecule has 0 aliphatic carbocycles. The van der Waals surface area contributed by atoms with E-state index in [2.05, 4.69) is 37.2 Å². The second-order valence-electron chi connectivity index (χ2n) is 7.06. The van der Waals surface area contributed by atoms with E-state index in [1.54, 1.807) is 24.7 Å². The number of aromatic nitrogens is 5. The van der Waals surface area contributed by atoms with Gasteiger partial charge in [0.15, 0.2) is 0 Å². The Morgan fingerprint density at radius 1 is 1.10 bits per heavy atom. The predicted molar refractivity (Wildman–Crippen MR) is 125 cm³/mol. The van der Waals surface area contributed by atoms with Crippen LogP contribution in [0.4, 0.5) is 5.82 Å². The third-order valence-electron chi connectivity index (χ3n) is 4.93. The Morgan fingerprint density at radius 3 is 2.61 bits per heavy atom. The molecule has 0 spiro atoms. The van der Waals surface area contributed by atoms with E-state index in [0.717, 1.165) is 27.7 Å². The molecular formula is C22H23N7OS. The van der Waals surface area contributed by atoms with Gasteiger partial charge in [-0.15, -0.1) is 0 Å².